The molecule has 0 saturated carbocycles. The Labute approximate surface area is 125 Å². The van der Waals surface area contributed by atoms with Gasteiger partial charge in [0.1, 0.15) is 0 Å². The van der Waals surface area contributed by atoms with Gasteiger partial charge in [-0.15, -0.1) is 0 Å². The van der Waals surface area contributed by atoms with Crippen molar-refractivity contribution in [1.29, 1.82) is 0 Å². The van der Waals surface area contributed by atoms with Gasteiger partial charge in [-0.25, -0.2) is 0 Å². The summed E-state index contributed by atoms with van der Waals surface area (Å²) in [6.07, 6.45) is 1.28. The molecule has 1 fully saturated rings. The van der Waals surface area contributed by atoms with Crippen LogP contribution >= 0.6 is 43.5 Å². The molecule has 1 aliphatic rings. The smallest absolute Gasteiger partial charge is 0.0462 e. The maximum absolute atomic E-state index is 6.27. The molecule has 0 radical (unpaired) electrons. The van der Waals surface area contributed by atoms with Crippen molar-refractivity contribution in [3.05, 3.63) is 33.3 Å². The Kier molecular flexibility index (Phi) is 4.93. The largest absolute Gasteiger partial charge is 0.295 e. The third-order valence-electron chi connectivity index (χ3n) is 3.54. The summed E-state index contributed by atoms with van der Waals surface area (Å²) in [5.74, 6) is 0.767. The quantitative estimate of drug-likeness (QED) is 0.686. The Morgan fingerprint density at radius 3 is 2.88 bits per heavy atom. The molecule has 0 aliphatic carbocycles. The molecule has 1 saturated heterocycles. The fourth-order valence-corrected chi connectivity index (χ4v) is 4.18. The summed E-state index contributed by atoms with van der Waals surface area (Å²) in [4.78, 5) is 2.52. The molecule has 1 aromatic rings. The highest BCUT2D eigenvalue weighted by molar-refractivity contribution is 9.10. The molecule has 1 aromatic carbocycles. The third kappa shape index (κ3) is 3.25. The van der Waals surface area contributed by atoms with E-state index in [9.17, 15) is 0 Å². The van der Waals surface area contributed by atoms with Crippen LogP contribution in [0.3, 0.4) is 0 Å². The van der Waals surface area contributed by atoms with Crippen LogP contribution in [0.25, 0.3) is 0 Å². The maximum atomic E-state index is 6.27. The highest BCUT2D eigenvalue weighted by Gasteiger charge is 2.30. The van der Waals surface area contributed by atoms with Gasteiger partial charge in [-0.3, -0.25) is 4.90 Å². The first-order valence-corrected chi connectivity index (χ1v) is 8.15. The zero-order chi connectivity index (χ0) is 12.4. The molecule has 1 nitrogen and oxygen atoms in total. The molecule has 94 valence electrons. The van der Waals surface area contributed by atoms with Crippen molar-refractivity contribution >= 4 is 43.5 Å². The summed E-state index contributed by atoms with van der Waals surface area (Å²) in [7, 11) is 0. The van der Waals surface area contributed by atoms with Gasteiger partial charge in [0.05, 0.1) is 0 Å². The van der Waals surface area contributed by atoms with E-state index >= 15 is 0 Å². The van der Waals surface area contributed by atoms with Gasteiger partial charge >= 0.3 is 0 Å². The molecule has 1 aliphatic heterocycles. The molecule has 0 aromatic heterocycles. The molecule has 0 amide bonds. The van der Waals surface area contributed by atoms with Crippen LogP contribution in [0.1, 0.15) is 18.9 Å². The van der Waals surface area contributed by atoms with E-state index in [-0.39, 0.29) is 0 Å². The number of halogens is 3. The molecule has 0 N–H and O–H groups in total. The van der Waals surface area contributed by atoms with E-state index in [1.807, 2.05) is 6.07 Å². The molecular weight excluding hydrogens is 365 g/mol. The van der Waals surface area contributed by atoms with Gasteiger partial charge in [-0.05, 0) is 36.6 Å². The molecule has 2 unspecified atom stereocenters. The van der Waals surface area contributed by atoms with E-state index in [4.69, 9.17) is 11.6 Å². The standard InChI is InChI=1S/C13H16Br2ClN/c1-9-4-5-17(13(9)7-14)8-10-2-3-11(15)6-12(10)16/h2-3,6,9,13H,4-5,7-8H2,1H3. The first-order chi connectivity index (χ1) is 8.11. The van der Waals surface area contributed by atoms with Crippen molar-refractivity contribution in [1.82, 2.24) is 4.90 Å². The lowest BCUT2D eigenvalue weighted by Gasteiger charge is -2.25. The van der Waals surface area contributed by atoms with Gasteiger partial charge in [0.15, 0.2) is 0 Å². The van der Waals surface area contributed by atoms with E-state index in [2.05, 4.69) is 55.8 Å². The van der Waals surface area contributed by atoms with E-state index in [0.29, 0.717) is 6.04 Å². The highest BCUT2D eigenvalue weighted by atomic mass is 79.9. The maximum Gasteiger partial charge on any atom is 0.0462 e. The Morgan fingerprint density at radius 2 is 2.24 bits per heavy atom. The Hall–Kier alpha value is 0.430. The van der Waals surface area contributed by atoms with Crippen LogP contribution < -0.4 is 0 Å². The number of likely N-dealkylation sites (tertiary alicyclic amines) is 1. The third-order valence-corrected chi connectivity index (χ3v) is 5.05. The van der Waals surface area contributed by atoms with Gasteiger partial charge < -0.3 is 0 Å². The first kappa shape index (κ1) is 13.9. The molecule has 4 heteroatoms. The predicted molar refractivity (Wildman–Crippen MR) is 80.9 cm³/mol. The second-order valence-electron chi connectivity index (χ2n) is 4.69. The van der Waals surface area contributed by atoms with Gasteiger partial charge in [0.2, 0.25) is 0 Å². The lowest BCUT2D eigenvalue weighted by molar-refractivity contribution is 0.244. The highest BCUT2D eigenvalue weighted by Crippen LogP contribution is 2.29. The van der Waals surface area contributed by atoms with E-state index in [1.165, 1.54) is 18.5 Å². The average Bonchev–Trinajstić information content (AvgIpc) is 2.63. The van der Waals surface area contributed by atoms with E-state index in [0.717, 1.165) is 27.3 Å². The summed E-state index contributed by atoms with van der Waals surface area (Å²) >= 11 is 13.3. The molecule has 0 spiro atoms. The number of hydrogen-bond acceptors (Lipinski definition) is 1. The second-order valence-corrected chi connectivity index (χ2v) is 6.66. The number of alkyl halides is 1. The fraction of sp³-hybridized carbons (Fsp3) is 0.538. The zero-order valence-corrected chi connectivity index (χ0v) is 13.7. The zero-order valence-electron chi connectivity index (χ0n) is 9.80. The lowest BCUT2D eigenvalue weighted by Crippen LogP contribution is -2.33. The summed E-state index contributed by atoms with van der Waals surface area (Å²) in [6, 6.07) is 6.78. The summed E-state index contributed by atoms with van der Waals surface area (Å²) in [6.45, 7) is 4.45. The number of hydrogen-bond donors (Lipinski definition) is 0. The summed E-state index contributed by atoms with van der Waals surface area (Å²) < 4.78 is 1.04. The number of benzene rings is 1. The van der Waals surface area contributed by atoms with Crippen molar-refractivity contribution in [2.45, 2.75) is 25.9 Å². The number of rotatable bonds is 3. The Bertz CT molecular complexity index is 397. The monoisotopic (exact) mass is 379 g/mol. The minimum absolute atomic E-state index is 0.634. The Morgan fingerprint density at radius 1 is 1.47 bits per heavy atom. The Balaban J connectivity index is 2.10. The minimum Gasteiger partial charge on any atom is -0.295 e. The van der Waals surface area contributed by atoms with Gasteiger partial charge in [-0.2, -0.15) is 0 Å². The number of nitrogens with zero attached hydrogens (tertiary/aromatic N) is 1. The van der Waals surface area contributed by atoms with E-state index in [1.54, 1.807) is 0 Å². The topological polar surface area (TPSA) is 3.24 Å². The molecule has 17 heavy (non-hydrogen) atoms. The van der Waals surface area contributed by atoms with Crippen LogP contribution in [0.4, 0.5) is 0 Å². The van der Waals surface area contributed by atoms with Gasteiger partial charge in [0, 0.05) is 27.4 Å². The van der Waals surface area contributed by atoms with Crippen LogP contribution in [0, 0.1) is 5.92 Å². The molecule has 2 rings (SSSR count). The normalized spacial score (nSPS) is 25.4. The SMILES string of the molecule is CC1CCN(Cc2ccc(Br)cc2Cl)C1CBr. The lowest BCUT2D eigenvalue weighted by atomic mass is 10.0. The fourth-order valence-electron chi connectivity index (χ4n) is 2.40. The molecular formula is C13H16Br2ClN. The van der Waals surface area contributed by atoms with Crippen LogP contribution in [0.2, 0.25) is 5.02 Å². The van der Waals surface area contributed by atoms with E-state index < -0.39 is 0 Å². The average molecular weight is 382 g/mol. The molecule has 0 bridgehead atoms. The molecule has 2 atom stereocenters. The van der Waals surface area contributed by atoms with Crippen molar-refractivity contribution in [2.75, 3.05) is 11.9 Å². The summed E-state index contributed by atoms with van der Waals surface area (Å²) in [5.41, 5.74) is 1.22. The minimum atomic E-state index is 0.634. The van der Waals surface area contributed by atoms with Crippen LogP contribution in [0.15, 0.2) is 22.7 Å². The van der Waals surface area contributed by atoms with Crippen LogP contribution in [-0.4, -0.2) is 22.8 Å². The predicted octanol–water partition coefficient (Wildman–Crippen LogP) is 4.71. The van der Waals surface area contributed by atoms with Gasteiger partial charge in [-0.1, -0.05) is 56.5 Å². The van der Waals surface area contributed by atoms with Crippen molar-refractivity contribution < 1.29 is 0 Å². The van der Waals surface area contributed by atoms with Crippen molar-refractivity contribution in [3.8, 4) is 0 Å². The molecule has 1 heterocycles. The first-order valence-electron chi connectivity index (χ1n) is 5.85. The van der Waals surface area contributed by atoms with Crippen LogP contribution in [0.5, 0.6) is 0 Å². The van der Waals surface area contributed by atoms with Crippen LogP contribution in [-0.2, 0) is 6.54 Å². The van der Waals surface area contributed by atoms with Crippen molar-refractivity contribution in [3.63, 3.8) is 0 Å². The van der Waals surface area contributed by atoms with Gasteiger partial charge in [0.25, 0.3) is 0 Å². The van der Waals surface area contributed by atoms with Crippen molar-refractivity contribution in [2.24, 2.45) is 5.92 Å². The summed E-state index contributed by atoms with van der Waals surface area (Å²) in [5, 5.41) is 1.90. The second kappa shape index (κ2) is 6.05.